The molecule has 1 spiro atoms. The molecule has 29 heavy (non-hydrogen) atoms. The summed E-state index contributed by atoms with van der Waals surface area (Å²) in [6.45, 7) is 1.86. The van der Waals surface area contributed by atoms with E-state index in [9.17, 15) is 22.8 Å². The van der Waals surface area contributed by atoms with E-state index >= 15 is 0 Å². The van der Waals surface area contributed by atoms with Gasteiger partial charge in [-0.25, -0.2) is 14.7 Å². The molecule has 0 bridgehead atoms. The summed E-state index contributed by atoms with van der Waals surface area (Å²) in [5, 5.41) is 0. The normalized spacial score (nSPS) is 23.7. The number of alkyl halides is 3. The van der Waals surface area contributed by atoms with Gasteiger partial charge >= 0.3 is 12.4 Å². The fourth-order valence-corrected chi connectivity index (χ4v) is 3.68. The quantitative estimate of drug-likeness (QED) is 0.722. The molecule has 2 unspecified atom stereocenters. The zero-order valence-electron chi connectivity index (χ0n) is 15.4. The van der Waals surface area contributed by atoms with Gasteiger partial charge in [-0.15, -0.1) is 13.2 Å². The number of hydrogen-bond donors (Lipinski definition) is 0. The third-order valence-electron chi connectivity index (χ3n) is 5.14. The molecular weight excluding hydrogens is 391 g/mol. The fraction of sp³-hybridized carbons (Fsp3) is 0.316. The standard InChI is InChI=1S/C19H16F3N3O4/c1-11-10-18(11)16(26)24(12-3-5-14(6-4-12)29-19(20,21)22)17(27)25(18)13-7-8-23-15(9-13)28-2/h3-9,11H,10H2,1-2H3. The summed E-state index contributed by atoms with van der Waals surface area (Å²) >= 11 is 0. The second-order valence-electron chi connectivity index (χ2n) is 6.89. The van der Waals surface area contributed by atoms with Crippen molar-refractivity contribution in [2.75, 3.05) is 16.9 Å². The number of ether oxygens (including phenoxy) is 2. The van der Waals surface area contributed by atoms with Crippen LogP contribution in [-0.4, -0.2) is 35.9 Å². The Labute approximate surface area is 163 Å². The molecule has 1 aliphatic carbocycles. The third kappa shape index (κ3) is 3.04. The lowest BCUT2D eigenvalue weighted by atomic mass is 10.1. The summed E-state index contributed by atoms with van der Waals surface area (Å²) < 4.78 is 46.0. The number of hydrogen-bond acceptors (Lipinski definition) is 5. The first-order valence-corrected chi connectivity index (χ1v) is 8.72. The van der Waals surface area contributed by atoms with Crippen molar-refractivity contribution in [3.05, 3.63) is 42.6 Å². The number of aromatic nitrogens is 1. The molecule has 1 aliphatic heterocycles. The Morgan fingerprint density at radius 2 is 1.79 bits per heavy atom. The van der Waals surface area contributed by atoms with Crippen LogP contribution in [0.1, 0.15) is 13.3 Å². The number of urea groups is 1. The summed E-state index contributed by atoms with van der Waals surface area (Å²) in [6.07, 6.45) is -2.88. The zero-order chi connectivity index (χ0) is 21.0. The fourth-order valence-electron chi connectivity index (χ4n) is 3.68. The second kappa shape index (κ2) is 6.36. The van der Waals surface area contributed by atoms with E-state index in [1.54, 1.807) is 12.1 Å². The highest BCUT2D eigenvalue weighted by Gasteiger charge is 2.70. The van der Waals surface area contributed by atoms with E-state index in [-0.39, 0.29) is 11.6 Å². The third-order valence-corrected chi connectivity index (χ3v) is 5.14. The van der Waals surface area contributed by atoms with Gasteiger partial charge in [0.1, 0.15) is 11.3 Å². The number of carbonyl (C=O) groups is 2. The largest absolute Gasteiger partial charge is 0.573 e. The molecule has 1 saturated carbocycles. The Hall–Kier alpha value is -3.30. The predicted molar refractivity (Wildman–Crippen MR) is 95.8 cm³/mol. The van der Waals surface area contributed by atoms with Crippen LogP contribution in [-0.2, 0) is 4.79 Å². The minimum Gasteiger partial charge on any atom is -0.481 e. The van der Waals surface area contributed by atoms with Crippen LogP contribution < -0.4 is 19.3 Å². The summed E-state index contributed by atoms with van der Waals surface area (Å²) in [5.41, 5.74) is -0.402. The smallest absolute Gasteiger partial charge is 0.481 e. The number of carbonyl (C=O) groups excluding carboxylic acids is 2. The SMILES string of the molecule is COc1cc(N2C(=O)N(c3ccc(OC(F)(F)F)cc3)C(=O)C23CC3C)ccn1. The number of methoxy groups -OCH3 is 1. The van der Waals surface area contributed by atoms with Crippen molar-refractivity contribution in [1.29, 1.82) is 0 Å². The zero-order valence-corrected chi connectivity index (χ0v) is 15.4. The molecule has 1 aromatic carbocycles. The Morgan fingerprint density at radius 3 is 2.34 bits per heavy atom. The van der Waals surface area contributed by atoms with E-state index in [0.29, 0.717) is 18.0 Å². The molecule has 2 aromatic rings. The molecule has 10 heteroatoms. The Morgan fingerprint density at radius 1 is 1.14 bits per heavy atom. The Kier molecular flexibility index (Phi) is 4.18. The average molecular weight is 407 g/mol. The van der Waals surface area contributed by atoms with E-state index in [1.165, 1.54) is 30.3 Å². The molecule has 2 fully saturated rings. The summed E-state index contributed by atoms with van der Waals surface area (Å²) in [4.78, 5) is 32.8. The monoisotopic (exact) mass is 407 g/mol. The maximum absolute atomic E-state index is 13.2. The number of nitrogens with zero attached hydrogens (tertiary/aromatic N) is 3. The molecule has 152 valence electrons. The van der Waals surface area contributed by atoms with Gasteiger partial charge in [0, 0.05) is 12.3 Å². The minimum absolute atomic E-state index is 0.0732. The number of halogens is 3. The maximum Gasteiger partial charge on any atom is 0.573 e. The molecule has 1 aromatic heterocycles. The number of imide groups is 1. The highest BCUT2D eigenvalue weighted by molar-refractivity contribution is 6.31. The van der Waals surface area contributed by atoms with Gasteiger partial charge in [-0.1, -0.05) is 6.92 Å². The van der Waals surface area contributed by atoms with Crippen molar-refractivity contribution in [2.45, 2.75) is 25.2 Å². The summed E-state index contributed by atoms with van der Waals surface area (Å²) in [6, 6.07) is 7.18. The molecular formula is C19H16F3N3O4. The van der Waals surface area contributed by atoms with Crippen LogP contribution in [0.4, 0.5) is 29.3 Å². The van der Waals surface area contributed by atoms with E-state index < -0.39 is 29.6 Å². The lowest BCUT2D eigenvalue weighted by Gasteiger charge is -2.22. The molecule has 4 rings (SSSR count). The first-order valence-electron chi connectivity index (χ1n) is 8.72. The first-order chi connectivity index (χ1) is 13.7. The Bertz CT molecular complexity index is 979. The van der Waals surface area contributed by atoms with Crippen molar-refractivity contribution >= 4 is 23.3 Å². The lowest BCUT2D eigenvalue weighted by Crippen LogP contribution is -2.38. The van der Waals surface area contributed by atoms with Crippen molar-refractivity contribution in [3.8, 4) is 11.6 Å². The molecule has 2 heterocycles. The molecule has 3 amide bonds. The summed E-state index contributed by atoms with van der Waals surface area (Å²) in [5.74, 6) is -0.643. The van der Waals surface area contributed by atoms with Gasteiger partial charge in [0.25, 0.3) is 5.91 Å². The van der Waals surface area contributed by atoms with Crippen LogP contribution in [0.3, 0.4) is 0 Å². The lowest BCUT2D eigenvalue weighted by molar-refractivity contribution is -0.274. The molecule has 2 atom stereocenters. The van der Waals surface area contributed by atoms with Gasteiger partial charge in [0.05, 0.1) is 18.5 Å². The van der Waals surface area contributed by atoms with Crippen molar-refractivity contribution < 1.29 is 32.2 Å². The van der Waals surface area contributed by atoms with Gasteiger partial charge in [-0.05, 0) is 42.7 Å². The maximum atomic E-state index is 13.2. The highest BCUT2D eigenvalue weighted by Crippen LogP contribution is 2.55. The first kappa shape index (κ1) is 19.0. The van der Waals surface area contributed by atoms with E-state index in [1.807, 2.05) is 6.92 Å². The van der Waals surface area contributed by atoms with Crippen LogP contribution in [0.5, 0.6) is 11.6 Å². The van der Waals surface area contributed by atoms with Crippen molar-refractivity contribution in [3.63, 3.8) is 0 Å². The predicted octanol–water partition coefficient (Wildman–Crippen LogP) is 3.74. The van der Waals surface area contributed by atoms with E-state index in [4.69, 9.17) is 4.74 Å². The van der Waals surface area contributed by atoms with Crippen LogP contribution in [0.2, 0.25) is 0 Å². The number of amides is 3. The van der Waals surface area contributed by atoms with Gasteiger partial charge in [-0.2, -0.15) is 0 Å². The van der Waals surface area contributed by atoms with Gasteiger partial charge < -0.3 is 9.47 Å². The number of rotatable bonds is 4. The summed E-state index contributed by atoms with van der Waals surface area (Å²) in [7, 11) is 1.44. The number of pyridine rings is 1. The molecule has 1 saturated heterocycles. The van der Waals surface area contributed by atoms with Crippen LogP contribution >= 0.6 is 0 Å². The molecule has 0 radical (unpaired) electrons. The van der Waals surface area contributed by atoms with Gasteiger partial charge in [0.15, 0.2) is 0 Å². The molecule has 0 N–H and O–H groups in total. The average Bonchev–Trinajstić information content (AvgIpc) is 3.27. The van der Waals surface area contributed by atoms with Crippen molar-refractivity contribution in [2.24, 2.45) is 5.92 Å². The van der Waals surface area contributed by atoms with E-state index in [0.717, 1.165) is 17.0 Å². The van der Waals surface area contributed by atoms with Crippen LogP contribution in [0.15, 0.2) is 42.6 Å². The number of benzene rings is 1. The minimum atomic E-state index is -4.83. The van der Waals surface area contributed by atoms with Crippen LogP contribution in [0, 0.1) is 5.92 Å². The topological polar surface area (TPSA) is 72.0 Å². The highest BCUT2D eigenvalue weighted by atomic mass is 19.4. The Balaban J connectivity index is 1.69. The molecule has 2 aliphatic rings. The van der Waals surface area contributed by atoms with Gasteiger partial charge in [0.2, 0.25) is 5.88 Å². The van der Waals surface area contributed by atoms with Crippen molar-refractivity contribution in [1.82, 2.24) is 4.98 Å². The number of anilines is 2. The second-order valence-corrected chi connectivity index (χ2v) is 6.89. The molecule has 7 nitrogen and oxygen atoms in total. The van der Waals surface area contributed by atoms with Crippen LogP contribution in [0.25, 0.3) is 0 Å². The van der Waals surface area contributed by atoms with Gasteiger partial charge in [-0.3, -0.25) is 9.69 Å². The van der Waals surface area contributed by atoms with E-state index in [2.05, 4.69) is 9.72 Å².